The van der Waals surface area contributed by atoms with Gasteiger partial charge in [-0.25, -0.2) is 0 Å². The lowest BCUT2D eigenvalue weighted by Crippen LogP contribution is -2.17. The van der Waals surface area contributed by atoms with Crippen LogP contribution in [0.5, 0.6) is 0 Å². The molecule has 0 radical (unpaired) electrons. The molecule has 8 rings (SSSR count). The van der Waals surface area contributed by atoms with Crippen LogP contribution in [0.1, 0.15) is 36.1 Å². The summed E-state index contributed by atoms with van der Waals surface area (Å²) in [6, 6.07) is 31.2. The summed E-state index contributed by atoms with van der Waals surface area (Å²) < 4.78 is 2.47. The topological polar surface area (TPSA) is 17.8 Å². The lowest BCUT2D eigenvalue weighted by atomic mass is 9.78. The Balaban J connectivity index is 1.70. The maximum atomic E-state index is 4.32. The van der Waals surface area contributed by atoms with Crippen molar-refractivity contribution in [3.63, 3.8) is 0 Å². The molecule has 4 aromatic carbocycles. The third kappa shape index (κ3) is 2.27. The minimum atomic E-state index is -0.0495. The molecule has 0 N–H and O–H groups in total. The summed E-state index contributed by atoms with van der Waals surface area (Å²) in [7, 11) is 0. The standard InChI is InChI=1S/C33H24N2/c1-33(2)26-13-7-5-11-23(26)29-30-24-12-6-8-14-27(24)35(21-15-17-34-18-16-21)32(30)28-22-10-4-3-9-20(22)19-25(28)31(29)33/h3-18H,19H2,1-2H3. The summed E-state index contributed by atoms with van der Waals surface area (Å²) in [4.78, 5) is 4.32. The third-order valence-corrected chi connectivity index (χ3v) is 8.28. The highest BCUT2D eigenvalue weighted by molar-refractivity contribution is 6.23. The van der Waals surface area contributed by atoms with Crippen LogP contribution >= 0.6 is 0 Å². The quantitative estimate of drug-likeness (QED) is 0.248. The number of hydrogen-bond acceptors (Lipinski definition) is 1. The molecule has 35 heavy (non-hydrogen) atoms. The molecule has 6 aromatic rings. The van der Waals surface area contributed by atoms with Gasteiger partial charge in [-0.2, -0.15) is 0 Å². The molecule has 0 spiro atoms. The second-order valence-electron chi connectivity index (χ2n) is 10.4. The van der Waals surface area contributed by atoms with Gasteiger partial charge in [0.2, 0.25) is 0 Å². The molecule has 0 saturated heterocycles. The summed E-state index contributed by atoms with van der Waals surface area (Å²) >= 11 is 0. The van der Waals surface area contributed by atoms with Crippen molar-refractivity contribution in [2.45, 2.75) is 25.7 Å². The van der Waals surface area contributed by atoms with Crippen LogP contribution in [0.2, 0.25) is 0 Å². The highest BCUT2D eigenvalue weighted by Gasteiger charge is 2.42. The van der Waals surface area contributed by atoms with Crippen molar-refractivity contribution in [2.75, 3.05) is 0 Å². The highest BCUT2D eigenvalue weighted by atomic mass is 15.0. The van der Waals surface area contributed by atoms with Crippen LogP contribution in [-0.2, 0) is 11.8 Å². The van der Waals surface area contributed by atoms with Crippen LogP contribution in [0.15, 0.2) is 97.3 Å². The van der Waals surface area contributed by atoms with Crippen LogP contribution in [0.4, 0.5) is 0 Å². The highest BCUT2D eigenvalue weighted by Crippen LogP contribution is 2.59. The molecule has 2 heteroatoms. The van der Waals surface area contributed by atoms with E-state index in [9.17, 15) is 0 Å². The Bertz CT molecular complexity index is 1840. The molecule has 2 aromatic heterocycles. The van der Waals surface area contributed by atoms with Gasteiger partial charge in [0.15, 0.2) is 0 Å². The van der Waals surface area contributed by atoms with Gasteiger partial charge in [-0.1, -0.05) is 80.6 Å². The first-order chi connectivity index (χ1) is 17.2. The van der Waals surface area contributed by atoms with E-state index in [4.69, 9.17) is 0 Å². The van der Waals surface area contributed by atoms with E-state index in [1.165, 1.54) is 66.3 Å². The number of para-hydroxylation sites is 1. The third-order valence-electron chi connectivity index (χ3n) is 8.28. The Morgan fingerprint density at radius 1 is 0.743 bits per heavy atom. The van der Waals surface area contributed by atoms with E-state index in [0.29, 0.717) is 0 Å². The molecule has 0 atom stereocenters. The van der Waals surface area contributed by atoms with Gasteiger partial charge in [-0.05, 0) is 63.6 Å². The Morgan fingerprint density at radius 2 is 1.46 bits per heavy atom. The Kier molecular flexibility index (Phi) is 3.55. The van der Waals surface area contributed by atoms with Crippen molar-refractivity contribution in [1.29, 1.82) is 0 Å². The number of rotatable bonds is 1. The molecule has 0 fully saturated rings. The second kappa shape index (κ2) is 6.49. The van der Waals surface area contributed by atoms with Gasteiger partial charge in [0.25, 0.3) is 0 Å². The van der Waals surface area contributed by atoms with E-state index >= 15 is 0 Å². The Hall–Kier alpha value is -4.17. The summed E-state index contributed by atoms with van der Waals surface area (Å²) in [6.45, 7) is 4.82. The van der Waals surface area contributed by atoms with E-state index in [1.54, 1.807) is 0 Å². The molecule has 0 bridgehead atoms. The average molecular weight is 449 g/mol. The van der Waals surface area contributed by atoms with Gasteiger partial charge in [0.05, 0.1) is 11.0 Å². The van der Waals surface area contributed by atoms with Crippen LogP contribution in [0.3, 0.4) is 0 Å². The zero-order valence-electron chi connectivity index (χ0n) is 19.8. The predicted octanol–water partition coefficient (Wildman–Crippen LogP) is 8.06. The molecule has 0 unspecified atom stereocenters. The minimum absolute atomic E-state index is 0.0495. The number of aromatic nitrogens is 2. The molecule has 0 amide bonds. The van der Waals surface area contributed by atoms with Crippen molar-refractivity contribution in [3.8, 4) is 27.9 Å². The zero-order chi connectivity index (χ0) is 23.3. The second-order valence-corrected chi connectivity index (χ2v) is 10.4. The molecule has 0 aliphatic heterocycles. The first-order valence-electron chi connectivity index (χ1n) is 12.4. The largest absolute Gasteiger partial charge is 0.308 e. The van der Waals surface area contributed by atoms with Gasteiger partial charge >= 0.3 is 0 Å². The maximum Gasteiger partial charge on any atom is 0.0628 e. The Labute approximate surface area is 204 Å². The summed E-state index contributed by atoms with van der Waals surface area (Å²) in [5.41, 5.74) is 15.1. The van der Waals surface area contributed by atoms with Gasteiger partial charge < -0.3 is 4.57 Å². The molecule has 166 valence electrons. The summed E-state index contributed by atoms with van der Waals surface area (Å²) in [5, 5.41) is 2.69. The Morgan fingerprint density at radius 3 is 2.31 bits per heavy atom. The lowest BCUT2D eigenvalue weighted by molar-refractivity contribution is 0.655. The molecular weight excluding hydrogens is 424 g/mol. The van der Waals surface area contributed by atoms with Crippen LogP contribution < -0.4 is 0 Å². The van der Waals surface area contributed by atoms with Crippen molar-refractivity contribution < 1.29 is 0 Å². The fraction of sp³-hybridized carbons (Fsp3) is 0.121. The SMILES string of the molecule is CC1(C)c2ccccc2-c2c1c1c(c3c2c2ccccc2n3-c2ccncc2)-c2ccccc2C1. The van der Waals surface area contributed by atoms with Gasteiger partial charge in [-0.15, -0.1) is 0 Å². The van der Waals surface area contributed by atoms with E-state index in [0.717, 1.165) is 12.1 Å². The van der Waals surface area contributed by atoms with Gasteiger partial charge in [0, 0.05) is 39.8 Å². The van der Waals surface area contributed by atoms with Crippen molar-refractivity contribution in [3.05, 3.63) is 120 Å². The summed E-state index contributed by atoms with van der Waals surface area (Å²) in [5.74, 6) is 0. The van der Waals surface area contributed by atoms with Crippen molar-refractivity contribution in [2.24, 2.45) is 0 Å². The van der Waals surface area contributed by atoms with Gasteiger partial charge in [0.1, 0.15) is 0 Å². The lowest BCUT2D eigenvalue weighted by Gasteiger charge is -2.25. The number of hydrogen-bond donors (Lipinski definition) is 0. The number of fused-ring (bicyclic) bond motifs is 12. The molecule has 2 aliphatic rings. The number of pyridine rings is 1. The van der Waals surface area contributed by atoms with Crippen molar-refractivity contribution >= 4 is 21.8 Å². The summed E-state index contributed by atoms with van der Waals surface area (Å²) in [6.07, 6.45) is 4.78. The van der Waals surface area contributed by atoms with Gasteiger partial charge in [-0.3, -0.25) is 4.98 Å². The van der Waals surface area contributed by atoms with Crippen LogP contribution in [0.25, 0.3) is 49.7 Å². The predicted molar refractivity (Wildman–Crippen MR) is 144 cm³/mol. The molecular formula is C33H24N2. The smallest absolute Gasteiger partial charge is 0.0628 e. The van der Waals surface area contributed by atoms with E-state index in [-0.39, 0.29) is 5.41 Å². The molecule has 2 heterocycles. The minimum Gasteiger partial charge on any atom is -0.308 e. The number of nitrogens with zero attached hydrogens (tertiary/aromatic N) is 2. The average Bonchev–Trinajstić information content (AvgIpc) is 3.51. The fourth-order valence-electron chi connectivity index (χ4n) is 6.95. The first-order valence-corrected chi connectivity index (χ1v) is 12.4. The normalized spacial score (nSPS) is 14.7. The van der Waals surface area contributed by atoms with E-state index < -0.39 is 0 Å². The first kappa shape index (κ1) is 19.2. The monoisotopic (exact) mass is 448 g/mol. The molecule has 0 saturated carbocycles. The van der Waals surface area contributed by atoms with Crippen LogP contribution in [-0.4, -0.2) is 9.55 Å². The molecule has 2 nitrogen and oxygen atoms in total. The van der Waals surface area contributed by atoms with Crippen LogP contribution in [0, 0.1) is 0 Å². The van der Waals surface area contributed by atoms with E-state index in [2.05, 4.69) is 108 Å². The van der Waals surface area contributed by atoms with E-state index in [1.807, 2.05) is 12.4 Å². The number of benzene rings is 4. The molecule has 2 aliphatic carbocycles. The van der Waals surface area contributed by atoms with Crippen molar-refractivity contribution in [1.82, 2.24) is 9.55 Å². The maximum absolute atomic E-state index is 4.32. The zero-order valence-corrected chi connectivity index (χ0v) is 19.8. The fourth-order valence-corrected chi connectivity index (χ4v) is 6.95.